The first-order valence-corrected chi connectivity index (χ1v) is 5.54. The van der Waals surface area contributed by atoms with Crippen LogP contribution in [0.3, 0.4) is 0 Å². The topological polar surface area (TPSA) is 32.3 Å². The van der Waals surface area contributed by atoms with Gasteiger partial charge in [0.05, 0.1) is 12.7 Å². The van der Waals surface area contributed by atoms with E-state index in [4.69, 9.17) is 0 Å². The largest absolute Gasteiger partial charge is 0.328 e. The molecule has 14 heavy (non-hydrogen) atoms. The summed E-state index contributed by atoms with van der Waals surface area (Å²) in [7, 11) is 0. The van der Waals surface area contributed by atoms with E-state index >= 15 is 0 Å². The Morgan fingerprint density at radius 1 is 1.57 bits per heavy atom. The molecule has 1 saturated heterocycles. The summed E-state index contributed by atoms with van der Waals surface area (Å²) >= 11 is 0. The lowest BCUT2D eigenvalue weighted by Gasteiger charge is -2.20. The molecule has 1 aliphatic carbocycles. The van der Waals surface area contributed by atoms with E-state index in [0.717, 1.165) is 13.2 Å². The van der Waals surface area contributed by atoms with E-state index < -0.39 is 0 Å². The van der Waals surface area contributed by atoms with Gasteiger partial charge in [-0.15, -0.1) is 0 Å². The summed E-state index contributed by atoms with van der Waals surface area (Å²) in [4.78, 5) is 13.9. The molecule has 3 heteroatoms. The van der Waals surface area contributed by atoms with Gasteiger partial charge >= 0.3 is 0 Å². The third-order valence-corrected chi connectivity index (χ3v) is 3.42. The zero-order chi connectivity index (χ0) is 10.3. The minimum atomic E-state index is 0.0531. The smallest absolute Gasteiger partial charge is 0.241 e. The first-order chi connectivity index (χ1) is 6.52. The Kier molecular flexibility index (Phi) is 2.30. The van der Waals surface area contributed by atoms with Crippen molar-refractivity contribution in [3.05, 3.63) is 0 Å². The highest BCUT2D eigenvalue weighted by atomic mass is 16.2. The van der Waals surface area contributed by atoms with Gasteiger partial charge in [0.15, 0.2) is 0 Å². The molecule has 2 aliphatic rings. The fourth-order valence-corrected chi connectivity index (χ4v) is 2.06. The molecule has 0 aromatic carbocycles. The quantitative estimate of drug-likeness (QED) is 0.735. The van der Waals surface area contributed by atoms with Crippen molar-refractivity contribution in [1.82, 2.24) is 10.2 Å². The van der Waals surface area contributed by atoms with E-state index in [1.807, 2.05) is 4.90 Å². The number of carbonyl (C=O) groups excluding carboxylic acids is 1. The Bertz CT molecular complexity index is 246. The summed E-state index contributed by atoms with van der Waals surface area (Å²) in [5.74, 6) is 0.702. The van der Waals surface area contributed by atoms with Gasteiger partial charge in [-0.1, -0.05) is 20.8 Å². The maximum absolute atomic E-state index is 11.9. The van der Waals surface area contributed by atoms with Crippen LogP contribution in [0, 0.1) is 11.3 Å². The molecule has 1 heterocycles. The van der Waals surface area contributed by atoms with Crippen LogP contribution in [0.5, 0.6) is 0 Å². The predicted molar refractivity (Wildman–Crippen MR) is 55.7 cm³/mol. The lowest BCUT2D eigenvalue weighted by atomic mass is 10.0. The van der Waals surface area contributed by atoms with Crippen LogP contribution in [0.1, 0.15) is 33.6 Å². The van der Waals surface area contributed by atoms with Gasteiger partial charge in [-0.25, -0.2) is 0 Å². The summed E-state index contributed by atoms with van der Waals surface area (Å²) in [5, 5.41) is 3.28. The maximum Gasteiger partial charge on any atom is 0.241 e. The van der Waals surface area contributed by atoms with Crippen molar-refractivity contribution in [1.29, 1.82) is 0 Å². The molecule has 1 unspecified atom stereocenters. The van der Waals surface area contributed by atoms with Crippen molar-refractivity contribution < 1.29 is 4.79 Å². The molecular weight excluding hydrogens is 176 g/mol. The molecular formula is C11H20N2O. The lowest BCUT2D eigenvalue weighted by Crippen LogP contribution is -2.36. The Morgan fingerprint density at radius 2 is 2.21 bits per heavy atom. The molecule has 0 radical (unpaired) electrons. The number of nitrogens with zero attached hydrogens (tertiary/aromatic N) is 1. The van der Waals surface area contributed by atoms with Crippen LogP contribution in [0.15, 0.2) is 0 Å². The van der Waals surface area contributed by atoms with E-state index in [9.17, 15) is 4.79 Å². The monoisotopic (exact) mass is 196 g/mol. The summed E-state index contributed by atoms with van der Waals surface area (Å²) in [6.07, 6.45) is 2.56. The van der Waals surface area contributed by atoms with Crippen LogP contribution in [0.4, 0.5) is 0 Å². The number of hydrogen-bond acceptors (Lipinski definition) is 2. The van der Waals surface area contributed by atoms with Crippen LogP contribution in [-0.2, 0) is 4.79 Å². The van der Waals surface area contributed by atoms with Crippen LogP contribution in [0.2, 0.25) is 0 Å². The third kappa shape index (κ3) is 1.78. The molecule has 2 fully saturated rings. The van der Waals surface area contributed by atoms with E-state index in [0.29, 0.717) is 17.2 Å². The van der Waals surface area contributed by atoms with Gasteiger partial charge in [0.1, 0.15) is 0 Å². The Morgan fingerprint density at radius 3 is 2.64 bits per heavy atom. The van der Waals surface area contributed by atoms with Gasteiger partial charge in [0.25, 0.3) is 0 Å². The highest BCUT2D eigenvalue weighted by Crippen LogP contribution is 2.45. The number of rotatable bonds is 3. The fraction of sp³-hybridized carbons (Fsp3) is 0.909. The van der Waals surface area contributed by atoms with Crippen molar-refractivity contribution in [3.8, 4) is 0 Å². The average molecular weight is 196 g/mol. The minimum Gasteiger partial charge on any atom is -0.328 e. The molecule has 0 bridgehead atoms. The van der Waals surface area contributed by atoms with E-state index in [2.05, 4.69) is 26.1 Å². The molecule has 1 saturated carbocycles. The highest BCUT2D eigenvalue weighted by Gasteiger charge is 2.43. The number of nitrogens with one attached hydrogen (secondary N) is 1. The fourth-order valence-electron chi connectivity index (χ4n) is 2.06. The number of carbonyl (C=O) groups is 1. The molecule has 2 rings (SSSR count). The van der Waals surface area contributed by atoms with E-state index in [-0.39, 0.29) is 6.04 Å². The molecule has 0 aromatic heterocycles. The van der Waals surface area contributed by atoms with Crippen LogP contribution < -0.4 is 5.32 Å². The number of hydrogen-bond donors (Lipinski definition) is 1. The summed E-state index contributed by atoms with van der Waals surface area (Å²) in [6.45, 7) is 8.15. The normalized spacial score (nSPS) is 30.1. The SMILES string of the molecule is CC(C)C1NCN(CC2(C)CC2)C1=O. The van der Waals surface area contributed by atoms with Crippen molar-refractivity contribution >= 4 is 5.91 Å². The zero-order valence-corrected chi connectivity index (χ0v) is 9.34. The lowest BCUT2D eigenvalue weighted by molar-refractivity contribution is -0.130. The first-order valence-electron chi connectivity index (χ1n) is 5.54. The van der Waals surface area contributed by atoms with Crippen LogP contribution in [-0.4, -0.2) is 30.1 Å². The Hall–Kier alpha value is -0.570. The van der Waals surface area contributed by atoms with E-state index in [1.54, 1.807) is 0 Å². The molecule has 1 aliphatic heterocycles. The average Bonchev–Trinajstić information content (AvgIpc) is 2.70. The molecule has 1 amide bonds. The highest BCUT2D eigenvalue weighted by molar-refractivity contribution is 5.84. The molecule has 1 N–H and O–H groups in total. The van der Waals surface area contributed by atoms with Crippen molar-refractivity contribution in [2.24, 2.45) is 11.3 Å². The van der Waals surface area contributed by atoms with Gasteiger partial charge in [-0.3, -0.25) is 10.1 Å². The Balaban J connectivity index is 1.93. The van der Waals surface area contributed by atoms with Gasteiger partial charge in [0.2, 0.25) is 5.91 Å². The van der Waals surface area contributed by atoms with Crippen molar-refractivity contribution in [3.63, 3.8) is 0 Å². The number of amides is 1. The van der Waals surface area contributed by atoms with E-state index in [1.165, 1.54) is 12.8 Å². The second-order valence-corrected chi connectivity index (χ2v) is 5.43. The summed E-state index contributed by atoms with van der Waals surface area (Å²) in [5.41, 5.74) is 0.434. The minimum absolute atomic E-state index is 0.0531. The second-order valence-electron chi connectivity index (χ2n) is 5.43. The molecule has 0 spiro atoms. The maximum atomic E-state index is 11.9. The summed E-state index contributed by atoms with van der Waals surface area (Å²) < 4.78 is 0. The van der Waals surface area contributed by atoms with Gasteiger partial charge in [-0.05, 0) is 24.2 Å². The van der Waals surface area contributed by atoms with Crippen LogP contribution in [0.25, 0.3) is 0 Å². The van der Waals surface area contributed by atoms with Gasteiger partial charge in [-0.2, -0.15) is 0 Å². The second kappa shape index (κ2) is 3.23. The predicted octanol–water partition coefficient (Wildman–Crippen LogP) is 1.20. The molecule has 0 aromatic rings. The van der Waals surface area contributed by atoms with Gasteiger partial charge < -0.3 is 4.90 Å². The first kappa shape index (κ1) is 9.97. The third-order valence-electron chi connectivity index (χ3n) is 3.42. The molecule has 1 atom stereocenters. The molecule has 80 valence electrons. The van der Waals surface area contributed by atoms with Crippen LogP contribution >= 0.6 is 0 Å². The van der Waals surface area contributed by atoms with Gasteiger partial charge in [0, 0.05) is 6.54 Å². The molecule has 3 nitrogen and oxygen atoms in total. The standard InChI is InChI=1S/C11H20N2O/c1-8(2)9-10(14)13(7-12-9)6-11(3)4-5-11/h8-9,12H,4-7H2,1-3H3. The Labute approximate surface area is 85.8 Å². The zero-order valence-electron chi connectivity index (χ0n) is 9.34. The van der Waals surface area contributed by atoms with Crippen molar-refractivity contribution in [2.75, 3.05) is 13.2 Å². The van der Waals surface area contributed by atoms with Crippen molar-refractivity contribution in [2.45, 2.75) is 39.7 Å². The summed E-state index contributed by atoms with van der Waals surface area (Å²) in [6, 6.07) is 0.0531.